The number of nitrogens with zero attached hydrogens (tertiary/aromatic N) is 1. The van der Waals surface area contributed by atoms with E-state index in [9.17, 15) is 4.79 Å². The molecule has 0 unspecified atom stereocenters. The zero-order valence-corrected chi connectivity index (χ0v) is 14.9. The van der Waals surface area contributed by atoms with Crippen LogP contribution in [-0.2, 0) is 6.54 Å². The van der Waals surface area contributed by atoms with Crippen molar-refractivity contribution in [3.63, 3.8) is 0 Å². The minimum absolute atomic E-state index is 0.260. The molecule has 6 nitrogen and oxygen atoms in total. The Morgan fingerprint density at radius 1 is 1.12 bits per heavy atom. The number of amides is 1. The van der Waals surface area contributed by atoms with E-state index in [1.165, 1.54) is 6.39 Å². The quantitative estimate of drug-likeness (QED) is 0.734. The van der Waals surface area contributed by atoms with Crippen molar-refractivity contribution in [3.8, 4) is 22.8 Å². The van der Waals surface area contributed by atoms with Crippen LogP contribution in [0.1, 0.15) is 21.6 Å². The van der Waals surface area contributed by atoms with Crippen LogP contribution in [0.3, 0.4) is 0 Å². The highest BCUT2D eigenvalue weighted by molar-refractivity contribution is 5.97. The van der Waals surface area contributed by atoms with Crippen LogP contribution in [0.2, 0.25) is 0 Å². The summed E-state index contributed by atoms with van der Waals surface area (Å²) >= 11 is 0. The molecule has 3 aromatic rings. The van der Waals surface area contributed by atoms with Crippen molar-refractivity contribution in [1.29, 1.82) is 0 Å². The number of carbonyl (C=O) groups excluding carboxylic acids is 1. The van der Waals surface area contributed by atoms with Gasteiger partial charge in [0.15, 0.2) is 29.3 Å². The van der Waals surface area contributed by atoms with Crippen LogP contribution in [-0.4, -0.2) is 25.1 Å². The molecule has 0 aliphatic heterocycles. The zero-order chi connectivity index (χ0) is 18.5. The van der Waals surface area contributed by atoms with Gasteiger partial charge in [0.25, 0.3) is 5.91 Å². The van der Waals surface area contributed by atoms with Gasteiger partial charge in [0.2, 0.25) is 0 Å². The summed E-state index contributed by atoms with van der Waals surface area (Å²) in [6, 6.07) is 13.2. The van der Waals surface area contributed by atoms with Gasteiger partial charge in [-0.2, -0.15) is 0 Å². The molecule has 0 radical (unpaired) electrons. The van der Waals surface area contributed by atoms with Gasteiger partial charge in [-0.05, 0) is 30.7 Å². The van der Waals surface area contributed by atoms with Crippen LogP contribution in [0.25, 0.3) is 11.3 Å². The Labute approximate surface area is 151 Å². The molecule has 3 rings (SSSR count). The molecule has 26 heavy (non-hydrogen) atoms. The van der Waals surface area contributed by atoms with E-state index in [1.54, 1.807) is 20.3 Å². The second-order valence-electron chi connectivity index (χ2n) is 5.77. The third kappa shape index (κ3) is 3.69. The number of hydrogen-bond acceptors (Lipinski definition) is 5. The molecule has 0 bridgehead atoms. The minimum Gasteiger partial charge on any atom is -0.493 e. The molecule has 1 amide bonds. The van der Waals surface area contributed by atoms with Gasteiger partial charge in [-0.3, -0.25) is 4.79 Å². The second-order valence-corrected chi connectivity index (χ2v) is 5.77. The highest BCUT2D eigenvalue weighted by Gasteiger charge is 2.18. The topological polar surface area (TPSA) is 73.6 Å². The van der Waals surface area contributed by atoms with Gasteiger partial charge in [0, 0.05) is 12.1 Å². The van der Waals surface area contributed by atoms with E-state index in [0.717, 1.165) is 16.7 Å². The number of nitrogens with one attached hydrogen (secondary N) is 1. The molecule has 0 atom stereocenters. The number of aromatic nitrogens is 1. The molecule has 134 valence electrons. The Kier molecular flexibility index (Phi) is 5.22. The number of aryl methyl sites for hydroxylation is 1. The molecular formula is C20H20N2O4. The van der Waals surface area contributed by atoms with Gasteiger partial charge in [-0.15, -0.1) is 0 Å². The van der Waals surface area contributed by atoms with Crippen molar-refractivity contribution in [3.05, 3.63) is 65.7 Å². The summed E-state index contributed by atoms with van der Waals surface area (Å²) in [4.78, 5) is 16.6. The Hall–Kier alpha value is -3.28. The van der Waals surface area contributed by atoms with Crippen molar-refractivity contribution in [1.82, 2.24) is 10.3 Å². The van der Waals surface area contributed by atoms with Crippen molar-refractivity contribution in [2.24, 2.45) is 0 Å². The Bertz CT molecular complexity index is 918. The van der Waals surface area contributed by atoms with Gasteiger partial charge in [0.1, 0.15) is 0 Å². The molecule has 0 saturated carbocycles. The van der Waals surface area contributed by atoms with Crippen LogP contribution in [0.4, 0.5) is 0 Å². The summed E-state index contributed by atoms with van der Waals surface area (Å²) in [5.41, 5.74) is 3.04. The number of hydrogen-bond donors (Lipinski definition) is 1. The Balaban J connectivity index is 1.75. The van der Waals surface area contributed by atoms with Crippen molar-refractivity contribution in [2.45, 2.75) is 13.5 Å². The Morgan fingerprint density at radius 2 is 1.92 bits per heavy atom. The molecule has 1 N–H and O–H groups in total. The predicted octanol–water partition coefficient (Wildman–Crippen LogP) is 3.60. The lowest BCUT2D eigenvalue weighted by molar-refractivity contribution is 0.0946. The van der Waals surface area contributed by atoms with Crippen molar-refractivity contribution in [2.75, 3.05) is 14.2 Å². The van der Waals surface area contributed by atoms with Crippen molar-refractivity contribution >= 4 is 5.91 Å². The summed E-state index contributed by atoms with van der Waals surface area (Å²) in [6.45, 7) is 2.32. The molecule has 0 spiro atoms. The SMILES string of the molecule is COc1ccc(CNC(=O)c2ncoc2-c2cccc(C)c2)cc1OC. The van der Waals surface area contributed by atoms with E-state index in [1.807, 2.05) is 43.3 Å². The zero-order valence-electron chi connectivity index (χ0n) is 14.9. The molecule has 1 aromatic heterocycles. The Morgan fingerprint density at radius 3 is 2.65 bits per heavy atom. The van der Waals surface area contributed by atoms with Gasteiger partial charge >= 0.3 is 0 Å². The molecule has 2 aromatic carbocycles. The molecule has 0 fully saturated rings. The van der Waals surface area contributed by atoms with E-state index in [2.05, 4.69) is 10.3 Å². The van der Waals surface area contributed by atoms with Crippen LogP contribution in [0.15, 0.2) is 53.3 Å². The molecular weight excluding hydrogens is 332 g/mol. The van der Waals surface area contributed by atoms with Crippen molar-refractivity contribution < 1.29 is 18.7 Å². The lowest BCUT2D eigenvalue weighted by Gasteiger charge is -2.10. The van der Waals surface area contributed by atoms with Crippen LogP contribution < -0.4 is 14.8 Å². The molecule has 0 aliphatic rings. The second kappa shape index (κ2) is 7.74. The fraction of sp³-hybridized carbons (Fsp3) is 0.200. The summed E-state index contributed by atoms with van der Waals surface area (Å²) < 4.78 is 15.9. The smallest absolute Gasteiger partial charge is 0.274 e. The summed E-state index contributed by atoms with van der Waals surface area (Å²) in [5, 5.41) is 2.86. The van der Waals surface area contributed by atoms with E-state index < -0.39 is 0 Å². The molecule has 1 heterocycles. The highest BCUT2D eigenvalue weighted by Crippen LogP contribution is 2.28. The summed E-state index contributed by atoms with van der Waals surface area (Å²) in [5.74, 6) is 1.41. The monoisotopic (exact) mass is 352 g/mol. The van der Waals surface area contributed by atoms with Crippen LogP contribution >= 0.6 is 0 Å². The summed E-state index contributed by atoms with van der Waals surface area (Å²) in [7, 11) is 3.15. The van der Waals surface area contributed by atoms with Crippen LogP contribution in [0, 0.1) is 6.92 Å². The maximum Gasteiger partial charge on any atom is 0.274 e. The molecule has 0 aliphatic carbocycles. The first kappa shape index (κ1) is 17.5. The van der Waals surface area contributed by atoms with Gasteiger partial charge < -0.3 is 19.2 Å². The number of methoxy groups -OCH3 is 2. The standard InChI is InChI=1S/C20H20N2O4/c1-13-5-4-6-15(9-13)19-18(22-12-26-19)20(23)21-11-14-7-8-16(24-2)17(10-14)25-3/h4-10,12H,11H2,1-3H3,(H,21,23). The maximum absolute atomic E-state index is 12.5. The number of rotatable bonds is 6. The van der Waals surface area contributed by atoms with E-state index in [4.69, 9.17) is 13.9 Å². The fourth-order valence-electron chi connectivity index (χ4n) is 2.66. The van der Waals surface area contributed by atoms with Crippen LogP contribution in [0.5, 0.6) is 11.5 Å². The summed E-state index contributed by atoms with van der Waals surface area (Å²) in [6.07, 6.45) is 1.28. The predicted molar refractivity (Wildman–Crippen MR) is 97.4 cm³/mol. The van der Waals surface area contributed by atoms with Gasteiger partial charge in [-0.25, -0.2) is 4.98 Å². The molecule has 6 heteroatoms. The number of ether oxygens (including phenoxy) is 2. The first-order chi connectivity index (χ1) is 12.6. The minimum atomic E-state index is -0.301. The number of oxazole rings is 1. The lowest BCUT2D eigenvalue weighted by Crippen LogP contribution is -2.23. The third-order valence-electron chi connectivity index (χ3n) is 3.96. The highest BCUT2D eigenvalue weighted by atomic mass is 16.5. The first-order valence-electron chi connectivity index (χ1n) is 8.12. The molecule has 0 saturated heterocycles. The largest absolute Gasteiger partial charge is 0.493 e. The number of benzene rings is 2. The first-order valence-corrected chi connectivity index (χ1v) is 8.12. The average molecular weight is 352 g/mol. The fourth-order valence-corrected chi connectivity index (χ4v) is 2.66. The third-order valence-corrected chi connectivity index (χ3v) is 3.96. The average Bonchev–Trinajstić information content (AvgIpc) is 3.15. The normalized spacial score (nSPS) is 10.4. The van der Waals surface area contributed by atoms with Gasteiger partial charge in [0.05, 0.1) is 14.2 Å². The lowest BCUT2D eigenvalue weighted by atomic mass is 10.1. The van der Waals surface area contributed by atoms with E-state index in [0.29, 0.717) is 23.8 Å². The van der Waals surface area contributed by atoms with E-state index >= 15 is 0 Å². The maximum atomic E-state index is 12.5. The number of carbonyl (C=O) groups is 1. The van der Waals surface area contributed by atoms with E-state index in [-0.39, 0.29) is 11.6 Å². The van der Waals surface area contributed by atoms with Gasteiger partial charge in [-0.1, -0.05) is 29.8 Å².